The van der Waals surface area contributed by atoms with Crippen molar-refractivity contribution in [3.8, 4) is 6.07 Å². The van der Waals surface area contributed by atoms with Gasteiger partial charge in [0.2, 0.25) is 0 Å². The topological polar surface area (TPSA) is 36.7 Å². The molecule has 1 aromatic heterocycles. The zero-order valence-corrected chi connectivity index (χ0v) is 11.1. The third-order valence-electron chi connectivity index (χ3n) is 1.40. The number of rotatable bonds is 2. The number of pyridine rings is 1. The average molecular weight is 236 g/mol. The monoisotopic (exact) mass is 236 g/mol. The molecule has 0 saturated heterocycles. The van der Waals surface area contributed by atoms with Crippen LogP contribution in [0.25, 0.3) is 6.08 Å². The van der Waals surface area contributed by atoms with Crippen LogP contribution in [0.5, 0.6) is 0 Å². The second kappa shape index (κ2) is 6.45. The van der Waals surface area contributed by atoms with E-state index >= 15 is 0 Å². The molecule has 1 aromatic rings. The molecule has 0 atom stereocenters. The Hall–Kier alpha value is -0.129. The summed E-state index contributed by atoms with van der Waals surface area (Å²) in [5.74, 6) is 0.165. The molecule has 0 N–H and O–H groups in total. The molecule has 1 rings (SSSR count). The number of aromatic nitrogens is 1. The van der Waals surface area contributed by atoms with Gasteiger partial charge >= 0.3 is 58.4 Å². The van der Waals surface area contributed by atoms with Crippen LogP contribution in [-0.4, -0.2) is 12.0 Å². The zero-order valence-electron chi connectivity index (χ0n) is 7.99. The molecule has 0 bridgehead atoms. The van der Waals surface area contributed by atoms with Gasteiger partial charge in [-0.05, 0) is 11.6 Å². The minimum Gasteiger partial charge on any atom is -0.445 e. The molecule has 0 radical (unpaired) electrons. The Kier molecular flexibility index (Phi) is 6.40. The van der Waals surface area contributed by atoms with Crippen molar-refractivity contribution in [2.24, 2.45) is 0 Å². The quantitative estimate of drug-likeness (QED) is 0.640. The Morgan fingerprint density at radius 3 is 2.53 bits per heavy atom. The van der Waals surface area contributed by atoms with Crippen molar-refractivity contribution in [3.05, 3.63) is 35.6 Å². The minimum absolute atomic E-state index is 0. The predicted octanol–water partition coefficient (Wildman–Crippen LogP) is -0.643. The SMILES string of the molecule is N#Cc1cncc(/C=C/[B-](F)(F)F)c1.[K+]. The summed E-state index contributed by atoms with van der Waals surface area (Å²) >= 11 is 0. The Balaban J connectivity index is 0.00000196. The van der Waals surface area contributed by atoms with E-state index in [0.29, 0.717) is 0 Å². The molecule has 0 fully saturated rings. The summed E-state index contributed by atoms with van der Waals surface area (Å²) in [7, 11) is 0. The Morgan fingerprint density at radius 1 is 1.33 bits per heavy atom. The first-order chi connectivity index (χ1) is 6.51. The van der Waals surface area contributed by atoms with Gasteiger partial charge in [0, 0.05) is 12.4 Å². The van der Waals surface area contributed by atoms with Crippen molar-refractivity contribution < 1.29 is 64.3 Å². The smallest absolute Gasteiger partial charge is 0.445 e. The van der Waals surface area contributed by atoms with E-state index in [4.69, 9.17) is 5.26 Å². The van der Waals surface area contributed by atoms with Crippen LogP contribution < -0.4 is 51.4 Å². The fourth-order valence-electron chi connectivity index (χ4n) is 0.830. The van der Waals surface area contributed by atoms with Gasteiger partial charge in [-0.25, -0.2) is 0 Å². The van der Waals surface area contributed by atoms with Crippen LogP contribution in [0.3, 0.4) is 0 Å². The molecular weight excluding hydrogens is 231 g/mol. The summed E-state index contributed by atoms with van der Waals surface area (Å²) in [6.07, 6.45) is 3.45. The van der Waals surface area contributed by atoms with Gasteiger partial charge in [-0.1, -0.05) is 6.08 Å². The minimum atomic E-state index is -4.94. The Bertz CT molecular complexity index is 398. The van der Waals surface area contributed by atoms with Gasteiger partial charge in [-0.15, -0.1) is 5.98 Å². The van der Waals surface area contributed by atoms with E-state index in [1.807, 2.05) is 0 Å². The summed E-state index contributed by atoms with van der Waals surface area (Å²) in [5.41, 5.74) is 0.505. The normalized spacial score (nSPS) is 10.8. The maximum absolute atomic E-state index is 11.8. The molecule has 2 nitrogen and oxygen atoms in total. The van der Waals surface area contributed by atoms with Crippen molar-refractivity contribution >= 4 is 13.1 Å². The van der Waals surface area contributed by atoms with Gasteiger partial charge in [0.25, 0.3) is 0 Å². The molecule has 0 aliphatic heterocycles. The first-order valence-corrected chi connectivity index (χ1v) is 3.75. The number of nitriles is 1. The molecule has 72 valence electrons. The van der Waals surface area contributed by atoms with Crippen LogP contribution in [0.4, 0.5) is 12.9 Å². The van der Waals surface area contributed by atoms with Crippen molar-refractivity contribution in [3.63, 3.8) is 0 Å². The molecule has 0 aliphatic rings. The summed E-state index contributed by atoms with van der Waals surface area (Å²) in [6, 6.07) is 3.13. The van der Waals surface area contributed by atoms with E-state index < -0.39 is 6.98 Å². The number of hydrogen-bond acceptors (Lipinski definition) is 2. The van der Waals surface area contributed by atoms with Crippen LogP contribution in [0, 0.1) is 11.3 Å². The Labute approximate surface area is 128 Å². The van der Waals surface area contributed by atoms with Crippen LogP contribution in [0.1, 0.15) is 11.1 Å². The molecule has 0 spiro atoms. The van der Waals surface area contributed by atoms with Gasteiger partial charge in [-0.3, -0.25) is 4.98 Å². The van der Waals surface area contributed by atoms with E-state index in [9.17, 15) is 12.9 Å². The summed E-state index contributed by atoms with van der Waals surface area (Å²) in [4.78, 5) is 3.62. The van der Waals surface area contributed by atoms with Crippen LogP contribution in [0.2, 0.25) is 0 Å². The van der Waals surface area contributed by atoms with Crippen LogP contribution in [-0.2, 0) is 0 Å². The van der Waals surface area contributed by atoms with Gasteiger partial charge in [0.15, 0.2) is 0 Å². The first kappa shape index (κ1) is 14.9. The summed E-state index contributed by atoms with van der Waals surface area (Å²) in [5, 5.41) is 8.46. The molecular formula is C8H5BF3KN2. The van der Waals surface area contributed by atoms with Crippen molar-refractivity contribution in [1.29, 1.82) is 5.26 Å². The van der Waals surface area contributed by atoms with Gasteiger partial charge in [-0.2, -0.15) is 5.26 Å². The maximum Gasteiger partial charge on any atom is 1.00 e. The second-order valence-corrected chi connectivity index (χ2v) is 2.60. The molecule has 1 heterocycles. The molecule has 0 saturated carbocycles. The fourth-order valence-corrected chi connectivity index (χ4v) is 0.830. The van der Waals surface area contributed by atoms with E-state index in [0.717, 1.165) is 6.08 Å². The fraction of sp³-hybridized carbons (Fsp3) is 0. The van der Waals surface area contributed by atoms with Crippen LogP contribution >= 0.6 is 0 Å². The Morgan fingerprint density at radius 2 is 2.00 bits per heavy atom. The summed E-state index contributed by atoms with van der Waals surface area (Å²) < 4.78 is 35.4. The van der Waals surface area contributed by atoms with E-state index in [-0.39, 0.29) is 68.5 Å². The first-order valence-electron chi connectivity index (χ1n) is 3.75. The van der Waals surface area contributed by atoms with Gasteiger partial charge < -0.3 is 12.9 Å². The van der Waals surface area contributed by atoms with Crippen LogP contribution in [0.15, 0.2) is 24.4 Å². The van der Waals surface area contributed by atoms with Gasteiger partial charge in [0.05, 0.1) is 5.56 Å². The van der Waals surface area contributed by atoms with Gasteiger partial charge in [0.1, 0.15) is 6.07 Å². The number of nitrogens with zero attached hydrogens (tertiary/aromatic N) is 2. The number of hydrogen-bond donors (Lipinski definition) is 0. The molecule has 15 heavy (non-hydrogen) atoms. The third kappa shape index (κ3) is 6.12. The average Bonchev–Trinajstić information content (AvgIpc) is 2.14. The predicted molar refractivity (Wildman–Crippen MR) is 47.1 cm³/mol. The third-order valence-corrected chi connectivity index (χ3v) is 1.40. The standard InChI is InChI=1S/C8H5BF3N2.K/c10-9(11,12)2-1-7-3-8(4-13)6-14-5-7;/h1-3,5-6H;/q-1;+1/b2-1+;. The largest absolute Gasteiger partial charge is 1.00 e. The molecule has 0 aromatic carbocycles. The zero-order chi connectivity index (χ0) is 10.6. The number of halogens is 3. The molecule has 0 amide bonds. The van der Waals surface area contributed by atoms with E-state index in [1.54, 1.807) is 6.07 Å². The maximum atomic E-state index is 11.8. The molecule has 0 aliphatic carbocycles. The molecule has 7 heteroatoms. The van der Waals surface area contributed by atoms with E-state index in [1.165, 1.54) is 18.5 Å². The molecule has 0 unspecified atom stereocenters. The van der Waals surface area contributed by atoms with Crippen molar-refractivity contribution in [1.82, 2.24) is 4.98 Å². The van der Waals surface area contributed by atoms with Crippen molar-refractivity contribution in [2.75, 3.05) is 0 Å². The summed E-state index contributed by atoms with van der Waals surface area (Å²) in [6.45, 7) is -4.94. The van der Waals surface area contributed by atoms with E-state index in [2.05, 4.69) is 4.98 Å². The van der Waals surface area contributed by atoms with Crippen molar-refractivity contribution in [2.45, 2.75) is 0 Å². The second-order valence-electron chi connectivity index (χ2n) is 2.60.